The van der Waals surface area contributed by atoms with Gasteiger partial charge in [-0.2, -0.15) is 0 Å². The van der Waals surface area contributed by atoms with Crippen LogP contribution in [0.5, 0.6) is 0 Å². The maximum absolute atomic E-state index is 5.42. The van der Waals surface area contributed by atoms with E-state index in [0.29, 0.717) is 6.54 Å². The van der Waals surface area contributed by atoms with Crippen molar-refractivity contribution in [2.24, 2.45) is 0 Å². The molecule has 0 saturated carbocycles. The van der Waals surface area contributed by atoms with Crippen molar-refractivity contribution >= 4 is 11.6 Å². The molecule has 0 aromatic rings. The maximum atomic E-state index is 5.42. The second-order valence-corrected chi connectivity index (χ2v) is 1.52. The second kappa shape index (κ2) is 1.49. The molecule has 1 radical (unpaired) electrons. The van der Waals surface area contributed by atoms with E-state index in [0.717, 1.165) is 5.03 Å². The Hall–Kier alpha value is -0.210. The van der Waals surface area contributed by atoms with Gasteiger partial charge in [-0.3, -0.25) is 0 Å². The van der Waals surface area contributed by atoms with Crippen LogP contribution in [0.15, 0.2) is 11.2 Å². The van der Waals surface area contributed by atoms with E-state index >= 15 is 0 Å². The molecule has 0 spiro atoms. The van der Waals surface area contributed by atoms with Gasteiger partial charge in [-0.25, -0.2) is 0 Å². The molecule has 0 aromatic heterocycles. The Morgan fingerprint density at radius 3 is 3.00 bits per heavy atom. The van der Waals surface area contributed by atoms with Crippen molar-refractivity contribution < 1.29 is 0 Å². The van der Waals surface area contributed by atoms with E-state index in [2.05, 4.69) is 10.9 Å². The van der Waals surface area contributed by atoms with Crippen molar-refractivity contribution in [1.82, 2.24) is 10.9 Å². The largest absolute Gasteiger partial charge is 0.310 e. The van der Waals surface area contributed by atoms with Crippen molar-refractivity contribution in [3.63, 3.8) is 0 Å². The van der Waals surface area contributed by atoms with Crippen LogP contribution in [0.25, 0.3) is 0 Å². The highest BCUT2D eigenvalue weighted by Gasteiger charge is 1.96. The van der Waals surface area contributed by atoms with Crippen LogP contribution in [0, 0.1) is 0 Å². The summed E-state index contributed by atoms with van der Waals surface area (Å²) in [7, 11) is 0. The van der Waals surface area contributed by atoms with Gasteiger partial charge in [0, 0.05) is 6.20 Å². The Kier molecular flexibility index (Phi) is 0.986. The molecule has 2 nitrogen and oxygen atoms in total. The van der Waals surface area contributed by atoms with Gasteiger partial charge in [0.05, 0.1) is 11.6 Å². The summed E-state index contributed by atoms with van der Waals surface area (Å²) in [5.74, 6) is 0. The van der Waals surface area contributed by atoms with Gasteiger partial charge >= 0.3 is 0 Å². The molecule has 6 heavy (non-hydrogen) atoms. The molecule has 0 fully saturated rings. The van der Waals surface area contributed by atoms with Crippen molar-refractivity contribution in [3.05, 3.63) is 11.2 Å². The molecular formula is C3H4ClN2. The molecule has 0 amide bonds. The zero-order valence-electron chi connectivity index (χ0n) is 3.11. The number of rotatable bonds is 0. The van der Waals surface area contributed by atoms with E-state index in [4.69, 9.17) is 11.6 Å². The fraction of sp³-hybridized carbons (Fsp3) is 0.333. The third-order valence-corrected chi connectivity index (χ3v) is 0.771. The summed E-state index contributed by atoms with van der Waals surface area (Å²) >= 11 is 5.42. The minimum Gasteiger partial charge on any atom is -0.310 e. The van der Waals surface area contributed by atoms with E-state index in [9.17, 15) is 0 Å². The molecule has 0 atom stereocenters. The lowest BCUT2D eigenvalue weighted by Gasteiger charge is -1.79. The fourth-order valence-corrected chi connectivity index (χ4v) is 0.391. The van der Waals surface area contributed by atoms with Gasteiger partial charge in [0.15, 0.2) is 0 Å². The first-order valence-electron chi connectivity index (χ1n) is 1.66. The highest BCUT2D eigenvalue weighted by Crippen LogP contribution is 1.99. The second-order valence-electron chi connectivity index (χ2n) is 1.04. The summed E-state index contributed by atoms with van der Waals surface area (Å²) in [6, 6.07) is 0. The van der Waals surface area contributed by atoms with Gasteiger partial charge in [-0.1, -0.05) is 11.6 Å². The highest BCUT2D eigenvalue weighted by molar-refractivity contribution is 6.29. The maximum Gasteiger partial charge on any atom is 0.0731 e. The molecule has 1 aliphatic heterocycles. The Bertz CT molecular complexity index is 78.9. The Balaban J connectivity index is 2.45. The van der Waals surface area contributed by atoms with Crippen molar-refractivity contribution in [2.75, 3.05) is 6.54 Å². The lowest BCUT2D eigenvalue weighted by atomic mass is 10.6. The lowest BCUT2D eigenvalue weighted by Crippen LogP contribution is -2.10. The zero-order chi connectivity index (χ0) is 4.41. The smallest absolute Gasteiger partial charge is 0.0731 e. The lowest BCUT2D eigenvalue weighted by molar-refractivity contribution is 0.708. The van der Waals surface area contributed by atoms with Crippen LogP contribution in [0.2, 0.25) is 0 Å². The van der Waals surface area contributed by atoms with Gasteiger partial charge in [0.1, 0.15) is 0 Å². The minimum atomic E-state index is 0.627. The molecule has 0 saturated heterocycles. The van der Waals surface area contributed by atoms with E-state index in [-0.39, 0.29) is 0 Å². The molecule has 1 heterocycles. The molecule has 33 valence electrons. The van der Waals surface area contributed by atoms with E-state index in [1.807, 2.05) is 0 Å². The molecule has 0 aromatic carbocycles. The summed E-state index contributed by atoms with van der Waals surface area (Å²) in [5.41, 5.74) is 6.29. The first-order chi connectivity index (χ1) is 2.89. The molecule has 1 N–H and O–H groups in total. The Morgan fingerprint density at radius 1 is 2.00 bits per heavy atom. The SMILES string of the molecule is ClC1=CN[N]C1. The normalized spacial score (nSPS) is 19.8. The van der Waals surface area contributed by atoms with Gasteiger partial charge in [0.2, 0.25) is 0 Å². The van der Waals surface area contributed by atoms with Crippen molar-refractivity contribution in [1.29, 1.82) is 0 Å². The van der Waals surface area contributed by atoms with Gasteiger partial charge < -0.3 is 5.43 Å². The molecule has 0 unspecified atom stereocenters. The quantitative estimate of drug-likeness (QED) is 0.465. The van der Waals surface area contributed by atoms with Crippen molar-refractivity contribution in [2.45, 2.75) is 0 Å². The Morgan fingerprint density at radius 2 is 2.83 bits per heavy atom. The van der Waals surface area contributed by atoms with E-state index in [1.165, 1.54) is 0 Å². The molecular weight excluding hydrogens is 99.5 g/mol. The summed E-state index contributed by atoms with van der Waals surface area (Å²) in [5, 5.41) is 0.773. The summed E-state index contributed by atoms with van der Waals surface area (Å²) < 4.78 is 0. The topological polar surface area (TPSA) is 26.1 Å². The molecule has 0 aliphatic carbocycles. The standard InChI is InChI=1S/C3H4ClN2/c4-3-1-5-6-2-3/h1,5H,2H2. The third-order valence-electron chi connectivity index (χ3n) is 0.543. The van der Waals surface area contributed by atoms with Crippen LogP contribution in [-0.4, -0.2) is 6.54 Å². The van der Waals surface area contributed by atoms with Crippen LogP contribution >= 0.6 is 11.6 Å². The average molecular weight is 104 g/mol. The number of halogens is 1. The molecule has 1 rings (SSSR count). The predicted molar refractivity (Wildman–Crippen MR) is 24.1 cm³/mol. The van der Waals surface area contributed by atoms with Crippen LogP contribution in [0.4, 0.5) is 0 Å². The van der Waals surface area contributed by atoms with E-state index in [1.54, 1.807) is 6.20 Å². The number of nitrogens with zero attached hydrogens (tertiary/aromatic N) is 1. The average Bonchev–Trinajstić information content (AvgIpc) is 1.86. The highest BCUT2D eigenvalue weighted by atomic mass is 35.5. The number of hydrogen-bond acceptors (Lipinski definition) is 1. The predicted octanol–water partition coefficient (Wildman–Crippen LogP) is 0.189. The first-order valence-corrected chi connectivity index (χ1v) is 2.04. The van der Waals surface area contributed by atoms with Gasteiger partial charge in [-0.15, -0.1) is 5.43 Å². The monoisotopic (exact) mass is 103 g/mol. The van der Waals surface area contributed by atoms with Crippen LogP contribution < -0.4 is 10.9 Å². The minimum absolute atomic E-state index is 0.627. The molecule has 3 heteroatoms. The summed E-state index contributed by atoms with van der Waals surface area (Å²) in [6.45, 7) is 0.627. The van der Waals surface area contributed by atoms with Gasteiger partial charge in [0.25, 0.3) is 0 Å². The third kappa shape index (κ3) is 0.640. The number of hydrogen-bond donors (Lipinski definition) is 1. The molecule has 0 bridgehead atoms. The van der Waals surface area contributed by atoms with Crippen LogP contribution in [0.3, 0.4) is 0 Å². The zero-order valence-corrected chi connectivity index (χ0v) is 3.87. The van der Waals surface area contributed by atoms with Crippen molar-refractivity contribution in [3.8, 4) is 0 Å². The Labute approximate surface area is 41.1 Å². The van der Waals surface area contributed by atoms with Crippen LogP contribution in [0.1, 0.15) is 0 Å². The van der Waals surface area contributed by atoms with Crippen LogP contribution in [-0.2, 0) is 0 Å². The fourth-order valence-electron chi connectivity index (χ4n) is 0.282. The van der Waals surface area contributed by atoms with Gasteiger partial charge in [-0.05, 0) is 0 Å². The van der Waals surface area contributed by atoms with E-state index < -0.39 is 0 Å². The summed E-state index contributed by atoms with van der Waals surface area (Å²) in [6.07, 6.45) is 1.67. The first kappa shape index (κ1) is 3.96. The summed E-state index contributed by atoms with van der Waals surface area (Å²) in [4.78, 5) is 0. The molecule has 1 aliphatic rings. The number of nitrogens with one attached hydrogen (secondary N) is 1.